The summed E-state index contributed by atoms with van der Waals surface area (Å²) in [7, 11) is 1.42. The highest BCUT2D eigenvalue weighted by atomic mass is 19.1. The minimum absolute atomic E-state index is 0.149. The van der Waals surface area contributed by atoms with Gasteiger partial charge in [0.1, 0.15) is 23.6 Å². The Balaban J connectivity index is 1.47. The summed E-state index contributed by atoms with van der Waals surface area (Å²) in [5.41, 5.74) is 2.38. The van der Waals surface area contributed by atoms with Gasteiger partial charge in [0, 0.05) is 35.1 Å². The number of hydrogen-bond donors (Lipinski definition) is 1. The smallest absolute Gasteiger partial charge is 0.255 e. The summed E-state index contributed by atoms with van der Waals surface area (Å²) < 4.78 is 26.1. The van der Waals surface area contributed by atoms with Crippen LogP contribution in [0.15, 0.2) is 30.3 Å². The maximum absolute atomic E-state index is 15.0. The lowest BCUT2D eigenvalue weighted by Gasteiger charge is -2.28. The van der Waals surface area contributed by atoms with Crippen LogP contribution in [-0.2, 0) is 4.79 Å². The third-order valence-electron chi connectivity index (χ3n) is 7.67. The number of ether oxygens (including phenoxy) is 2. The molecule has 0 saturated heterocycles. The molecule has 1 aliphatic heterocycles. The van der Waals surface area contributed by atoms with Crippen LogP contribution in [0.5, 0.6) is 11.5 Å². The Morgan fingerprint density at radius 2 is 2.06 bits per heavy atom. The zero-order valence-corrected chi connectivity index (χ0v) is 18.4. The Morgan fingerprint density at radius 3 is 2.81 bits per heavy atom. The molecular formula is C26H28FNO4. The van der Waals surface area contributed by atoms with E-state index in [0.717, 1.165) is 43.3 Å². The topological polar surface area (TPSA) is 64.6 Å². The number of methoxy groups -OCH3 is 1. The average Bonchev–Trinajstić information content (AvgIpc) is 3.52. The van der Waals surface area contributed by atoms with Crippen LogP contribution in [0.25, 0.3) is 11.1 Å². The number of aldehydes is 1. The molecule has 2 saturated carbocycles. The van der Waals surface area contributed by atoms with Crippen molar-refractivity contribution in [2.24, 2.45) is 17.8 Å². The Bertz CT molecular complexity index is 1070. The fourth-order valence-electron chi connectivity index (χ4n) is 5.88. The first-order valence-corrected chi connectivity index (χ1v) is 11.4. The molecule has 1 N–H and O–H groups in total. The van der Waals surface area contributed by atoms with Gasteiger partial charge < -0.3 is 19.6 Å². The second-order valence-corrected chi connectivity index (χ2v) is 9.25. The average molecular weight is 438 g/mol. The van der Waals surface area contributed by atoms with Crippen molar-refractivity contribution >= 4 is 12.2 Å². The SMILES string of the molecule is CC[C@H]1COc2cc(-c3cc(C(=O)N[C@@H]4[C@H]5CC[C@H](C5)[C@@H]4C=O)c(OC)cc3F)ccc21. The zero-order valence-electron chi connectivity index (χ0n) is 18.4. The van der Waals surface area contributed by atoms with Gasteiger partial charge in [-0.2, -0.15) is 0 Å². The van der Waals surface area contributed by atoms with E-state index < -0.39 is 5.82 Å². The zero-order chi connectivity index (χ0) is 22.4. The van der Waals surface area contributed by atoms with E-state index in [1.807, 2.05) is 18.2 Å². The minimum Gasteiger partial charge on any atom is -0.496 e. The maximum atomic E-state index is 15.0. The van der Waals surface area contributed by atoms with E-state index in [0.29, 0.717) is 35.5 Å². The molecule has 2 fully saturated rings. The first-order valence-electron chi connectivity index (χ1n) is 11.4. The number of hydrogen-bond acceptors (Lipinski definition) is 4. The lowest BCUT2D eigenvalue weighted by atomic mass is 9.85. The van der Waals surface area contributed by atoms with Gasteiger partial charge in [-0.15, -0.1) is 0 Å². The monoisotopic (exact) mass is 437 g/mol. The molecule has 2 aromatic rings. The molecule has 5 nitrogen and oxygen atoms in total. The third kappa shape index (κ3) is 3.37. The van der Waals surface area contributed by atoms with Crippen LogP contribution in [0.4, 0.5) is 4.39 Å². The Morgan fingerprint density at radius 1 is 1.25 bits per heavy atom. The van der Waals surface area contributed by atoms with Gasteiger partial charge in [0.15, 0.2) is 0 Å². The Hall–Kier alpha value is -2.89. The number of fused-ring (bicyclic) bond motifs is 3. The highest BCUT2D eigenvalue weighted by Gasteiger charge is 2.48. The molecule has 2 bridgehead atoms. The third-order valence-corrected chi connectivity index (χ3v) is 7.67. The van der Waals surface area contributed by atoms with Crippen molar-refractivity contribution in [2.45, 2.75) is 44.6 Å². The summed E-state index contributed by atoms with van der Waals surface area (Å²) in [6, 6.07) is 8.33. The first kappa shape index (κ1) is 21.0. The highest BCUT2D eigenvalue weighted by Crippen LogP contribution is 2.48. The van der Waals surface area contributed by atoms with Crippen LogP contribution in [0.2, 0.25) is 0 Å². The number of amides is 1. The van der Waals surface area contributed by atoms with Gasteiger partial charge in [0.25, 0.3) is 5.91 Å². The number of carbonyl (C=O) groups excluding carboxylic acids is 2. The van der Waals surface area contributed by atoms with Crippen LogP contribution in [0.3, 0.4) is 0 Å². The maximum Gasteiger partial charge on any atom is 0.255 e. The molecule has 3 aliphatic rings. The quantitative estimate of drug-likeness (QED) is 0.664. The molecular weight excluding hydrogens is 409 g/mol. The molecule has 1 amide bonds. The molecule has 5 rings (SSSR count). The van der Waals surface area contributed by atoms with E-state index >= 15 is 4.39 Å². The molecule has 5 atom stereocenters. The van der Waals surface area contributed by atoms with Crippen LogP contribution < -0.4 is 14.8 Å². The molecule has 2 aliphatic carbocycles. The lowest BCUT2D eigenvalue weighted by Crippen LogP contribution is -2.44. The number of rotatable bonds is 6. The van der Waals surface area contributed by atoms with E-state index in [4.69, 9.17) is 9.47 Å². The minimum atomic E-state index is -0.464. The molecule has 0 unspecified atom stereocenters. The van der Waals surface area contributed by atoms with E-state index in [1.165, 1.54) is 13.2 Å². The molecule has 0 radical (unpaired) electrons. The molecule has 1 heterocycles. The molecule has 6 heteroatoms. The van der Waals surface area contributed by atoms with Crippen molar-refractivity contribution < 1.29 is 23.5 Å². The van der Waals surface area contributed by atoms with Crippen LogP contribution in [0, 0.1) is 23.6 Å². The van der Waals surface area contributed by atoms with E-state index in [2.05, 4.69) is 12.2 Å². The fraction of sp³-hybridized carbons (Fsp3) is 0.462. The van der Waals surface area contributed by atoms with Gasteiger partial charge >= 0.3 is 0 Å². The standard InChI is InChI=1S/C26H28FNO4/c1-3-14-13-32-24-9-16(6-7-18(14)24)19-10-20(23(31-2)11-22(19)27)26(30)28-25-17-5-4-15(8-17)21(25)12-29/h6-7,9-12,14-15,17,21,25H,3-5,8,13H2,1-2H3,(H,28,30)/t14-,15+,17-,21-,25+/m0/s1. The second-order valence-electron chi connectivity index (χ2n) is 9.25. The van der Waals surface area contributed by atoms with Crippen LogP contribution in [-0.4, -0.2) is 32.0 Å². The van der Waals surface area contributed by atoms with Crippen LogP contribution in [0.1, 0.15) is 54.4 Å². The van der Waals surface area contributed by atoms with Crippen molar-refractivity contribution in [3.63, 3.8) is 0 Å². The van der Waals surface area contributed by atoms with E-state index in [9.17, 15) is 9.59 Å². The first-order chi connectivity index (χ1) is 15.5. The predicted octanol–water partition coefficient (Wildman–Crippen LogP) is 4.73. The summed E-state index contributed by atoms with van der Waals surface area (Å²) in [4.78, 5) is 24.9. The summed E-state index contributed by atoms with van der Waals surface area (Å²) in [5, 5.41) is 3.06. The largest absolute Gasteiger partial charge is 0.496 e. The van der Waals surface area contributed by atoms with Gasteiger partial charge in [0.05, 0.1) is 19.3 Å². The van der Waals surface area contributed by atoms with Gasteiger partial charge in [0.2, 0.25) is 0 Å². The number of carbonyl (C=O) groups is 2. The van der Waals surface area contributed by atoms with Crippen molar-refractivity contribution in [3.8, 4) is 22.6 Å². The normalized spacial score (nSPS) is 27.7. The highest BCUT2D eigenvalue weighted by molar-refractivity contribution is 5.98. The van der Waals surface area contributed by atoms with Crippen molar-refractivity contribution in [2.75, 3.05) is 13.7 Å². The predicted molar refractivity (Wildman–Crippen MR) is 119 cm³/mol. The molecule has 168 valence electrons. The second kappa shape index (κ2) is 8.23. The molecule has 32 heavy (non-hydrogen) atoms. The van der Waals surface area contributed by atoms with Gasteiger partial charge in [-0.3, -0.25) is 4.79 Å². The summed E-state index contributed by atoms with van der Waals surface area (Å²) >= 11 is 0. The number of benzene rings is 2. The molecule has 2 aromatic carbocycles. The Labute approximate surface area is 187 Å². The lowest BCUT2D eigenvalue weighted by molar-refractivity contribution is -0.113. The van der Waals surface area contributed by atoms with E-state index in [1.54, 1.807) is 6.07 Å². The van der Waals surface area contributed by atoms with Crippen molar-refractivity contribution in [3.05, 3.63) is 47.3 Å². The summed E-state index contributed by atoms with van der Waals surface area (Å²) in [6.07, 6.45) is 5.02. The van der Waals surface area contributed by atoms with Gasteiger partial charge in [-0.05, 0) is 55.2 Å². The molecule has 0 aromatic heterocycles. The summed E-state index contributed by atoms with van der Waals surface area (Å²) in [6.45, 7) is 2.76. The number of halogens is 1. The van der Waals surface area contributed by atoms with Gasteiger partial charge in [-0.1, -0.05) is 19.1 Å². The van der Waals surface area contributed by atoms with Gasteiger partial charge in [-0.25, -0.2) is 4.39 Å². The number of nitrogens with one attached hydrogen (secondary N) is 1. The van der Waals surface area contributed by atoms with E-state index in [-0.39, 0.29) is 29.2 Å². The van der Waals surface area contributed by atoms with Crippen molar-refractivity contribution in [1.29, 1.82) is 0 Å². The Kier molecular flexibility index (Phi) is 5.39. The fourth-order valence-corrected chi connectivity index (χ4v) is 5.88. The van der Waals surface area contributed by atoms with Crippen molar-refractivity contribution in [1.82, 2.24) is 5.32 Å². The summed E-state index contributed by atoms with van der Waals surface area (Å²) in [5.74, 6) is 1.03. The molecule has 0 spiro atoms. The van der Waals surface area contributed by atoms with Crippen LogP contribution >= 0.6 is 0 Å².